The highest BCUT2D eigenvalue weighted by Crippen LogP contribution is 2.25. The zero-order valence-electron chi connectivity index (χ0n) is 15.8. The van der Waals surface area contributed by atoms with Crippen molar-refractivity contribution in [2.45, 2.75) is 32.8 Å². The molecule has 1 aliphatic rings. The molecule has 0 radical (unpaired) electrons. The number of anilines is 1. The number of rotatable bonds is 5. The summed E-state index contributed by atoms with van der Waals surface area (Å²) in [5, 5.41) is 4.41. The van der Waals surface area contributed by atoms with Gasteiger partial charge in [-0.15, -0.1) is 0 Å². The summed E-state index contributed by atoms with van der Waals surface area (Å²) in [6.07, 6.45) is 0.859. The second-order valence-electron chi connectivity index (χ2n) is 7.58. The van der Waals surface area contributed by atoms with Crippen LogP contribution < -0.4 is 5.32 Å². The molecule has 1 fully saturated rings. The van der Waals surface area contributed by atoms with Crippen molar-refractivity contribution in [3.05, 3.63) is 24.3 Å². The van der Waals surface area contributed by atoms with Gasteiger partial charge in [0.05, 0.1) is 10.2 Å². The van der Waals surface area contributed by atoms with Gasteiger partial charge in [-0.1, -0.05) is 23.5 Å². The Morgan fingerprint density at radius 3 is 2.65 bits per heavy atom. The maximum Gasteiger partial charge on any atom is 0.410 e. The number of piperazine rings is 1. The molecule has 142 valence electrons. The summed E-state index contributed by atoms with van der Waals surface area (Å²) in [6, 6.07) is 8.20. The number of benzene rings is 1. The van der Waals surface area contributed by atoms with E-state index in [4.69, 9.17) is 4.74 Å². The SMILES string of the molecule is CC(C)(C)OC(=O)N1CCN(CCCNc2nc3ccccc3s2)CC1. The van der Waals surface area contributed by atoms with Gasteiger partial charge in [0.2, 0.25) is 0 Å². The second-order valence-corrected chi connectivity index (χ2v) is 8.61. The monoisotopic (exact) mass is 376 g/mol. The van der Waals surface area contributed by atoms with Crippen molar-refractivity contribution >= 4 is 32.8 Å². The van der Waals surface area contributed by atoms with Crippen LogP contribution in [0.5, 0.6) is 0 Å². The first-order chi connectivity index (χ1) is 12.4. The number of aromatic nitrogens is 1. The molecule has 0 atom stereocenters. The topological polar surface area (TPSA) is 57.7 Å². The van der Waals surface area contributed by atoms with Gasteiger partial charge >= 0.3 is 6.09 Å². The quantitative estimate of drug-likeness (QED) is 0.807. The molecular weight excluding hydrogens is 348 g/mol. The average Bonchev–Trinajstić information content (AvgIpc) is 3.00. The molecule has 1 N–H and O–H groups in total. The summed E-state index contributed by atoms with van der Waals surface area (Å²) in [4.78, 5) is 20.9. The highest BCUT2D eigenvalue weighted by molar-refractivity contribution is 7.22. The highest BCUT2D eigenvalue weighted by atomic mass is 32.1. The van der Waals surface area contributed by atoms with Crippen LogP contribution in [0.1, 0.15) is 27.2 Å². The number of para-hydroxylation sites is 1. The van der Waals surface area contributed by atoms with Crippen molar-refractivity contribution in [3.8, 4) is 0 Å². The zero-order valence-corrected chi connectivity index (χ0v) is 16.6. The molecule has 1 amide bonds. The van der Waals surface area contributed by atoms with Crippen LogP contribution in [-0.2, 0) is 4.74 Å². The van der Waals surface area contributed by atoms with Crippen LogP contribution in [0.25, 0.3) is 10.2 Å². The molecule has 0 saturated carbocycles. The van der Waals surface area contributed by atoms with Crippen LogP contribution >= 0.6 is 11.3 Å². The maximum absolute atomic E-state index is 12.1. The van der Waals surface area contributed by atoms with E-state index < -0.39 is 5.60 Å². The van der Waals surface area contributed by atoms with Crippen molar-refractivity contribution < 1.29 is 9.53 Å². The lowest BCUT2D eigenvalue weighted by Gasteiger charge is -2.35. The van der Waals surface area contributed by atoms with Gasteiger partial charge in [0.25, 0.3) is 0 Å². The number of hydrogen-bond donors (Lipinski definition) is 1. The Hall–Kier alpha value is -1.86. The molecule has 0 aliphatic carbocycles. The van der Waals surface area contributed by atoms with Crippen LogP contribution in [0.3, 0.4) is 0 Å². The summed E-state index contributed by atoms with van der Waals surface area (Å²) in [7, 11) is 0. The molecule has 3 rings (SSSR count). The van der Waals surface area contributed by atoms with Crippen LogP contribution in [0, 0.1) is 0 Å². The minimum Gasteiger partial charge on any atom is -0.444 e. The van der Waals surface area contributed by atoms with Crippen LogP contribution in [-0.4, -0.2) is 65.7 Å². The van der Waals surface area contributed by atoms with Crippen LogP contribution in [0.2, 0.25) is 0 Å². The van der Waals surface area contributed by atoms with Gasteiger partial charge in [-0.25, -0.2) is 9.78 Å². The lowest BCUT2D eigenvalue weighted by molar-refractivity contribution is 0.0145. The van der Waals surface area contributed by atoms with E-state index in [0.29, 0.717) is 0 Å². The maximum atomic E-state index is 12.1. The molecular formula is C19H28N4O2S. The molecule has 0 unspecified atom stereocenters. The summed E-state index contributed by atoms with van der Waals surface area (Å²) in [5.74, 6) is 0. The molecule has 1 saturated heterocycles. The fourth-order valence-electron chi connectivity index (χ4n) is 2.93. The summed E-state index contributed by atoms with van der Waals surface area (Å²) >= 11 is 1.70. The number of hydrogen-bond acceptors (Lipinski definition) is 6. The van der Waals surface area contributed by atoms with Crippen molar-refractivity contribution in [3.63, 3.8) is 0 Å². The first-order valence-electron chi connectivity index (χ1n) is 9.20. The lowest BCUT2D eigenvalue weighted by Crippen LogP contribution is -2.50. The number of nitrogens with zero attached hydrogens (tertiary/aromatic N) is 3. The van der Waals surface area contributed by atoms with E-state index >= 15 is 0 Å². The van der Waals surface area contributed by atoms with Gasteiger partial charge in [0, 0.05) is 32.7 Å². The van der Waals surface area contributed by atoms with Gasteiger partial charge in [-0.05, 0) is 45.9 Å². The number of amides is 1. The summed E-state index contributed by atoms with van der Waals surface area (Å²) < 4.78 is 6.65. The average molecular weight is 377 g/mol. The molecule has 0 spiro atoms. The molecule has 26 heavy (non-hydrogen) atoms. The fraction of sp³-hybridized carbons (Fsp3) is 0.579. The number of thiazole rings is 1. The Kier molecular flexibility index (Phi) is 5.98. The normalized spacial score (nSPS) is 16.0. The predicted octanol–water partition coefficient (Wildman–Crippen LogP) is 3.65. The molecule has 2 aromatic rings. The van der Waals surface area contributed by atoms with Gasteiger partial charge in [0.15, 0.2) is 5.13 Å². The Bertz CT molecular complexity index is 699. The molecule has 2 heterocycles. The third-order valence-corrected chi connectivity index (χ3v) is 5.24. The molecule has 7 heteroatoms. The highest BCUT2D eigenvalue weighted by Gasteiger charge is 2.25. The Labute approximate surface area is 159 Å². The van der Waals surface area contributed by atoms with E-state index in [1.807, 2.05) is 39.0 Å². The number of carbonyl (C=O) groups is 1. The van der Waals surface area contributed by atoms with Gasteiger partial charge in [0.1, 0.15) is 5.60 Å². The minimum atomic E-state index is -0.430. The fourth-order valence-corrected chi connectivity index (χ4v) is 3.82. The smallest absolute Gasteiger partial charge is 0.410 e. The summed E-state index contributed by atoms with van der Waals surface area (Å²) in [5.41, 5.74) is 0.624. The van der Waals surface area contributed by atoms with E-state index in [-0.39, 0.29) is 6.09 Å². The van der Waals surface area contributed by atoms with Crippen molar-refractivity contribution in [2.75, 3.05) is 44.6 Å². The Morgan fingerprint density at radius 2 is 1.96 bits per heavy atom. The third kappa shape index (κ3) is 5.32. The van der Waals surface area contributed by atoms with E-state index in [1.54, 1.807) is 16.2 Å². The summed E-state index contributed by atoms with van der Waals surface area (Å²) in [6.45, 7) is 10.9. The molecule has 1 aromatic carbocycles. The van der Waals surface area contributed by atoms with E-state index in [0.717, 1.165) is 56.3 Å². The number of nitrogens with one attached hydrogen (secondary N) is 1. The van der Waals surface area contributed by atoms with Gasteiger partial charge < -0.3 is 15.0 Å². The zero-order chi connectivity index (χ0) is 18.6. The van der Waals surface area contributed by atoms with E-state index in [9.17, 15) is 4.79 Å². The van der Waals surface area contributed by atoms with E-state index in [2.05, 4.69) is 21.3 Å². The minimum absolute atomic E-state index is 0.199. The number of ether oxygens (including phenoxy) is 1. The lowest BCUT2D eigenvalue weighted by atomic mass is 10.2. The van der Waals surface area contributed by atoms with Gasteiger partial charge in [-0.3, -0.25) is 4.90 Å². The molecule has 1 aromatic heterocycles. The Morgan fingerprint density at radius 1 is 1.23 bits per heavy atom. The first-order valence-corrected chi connectivity index (χ1v) is 10.0. The van der Waals surface area contributed by atoms with Crippen molar-refractivity contribution in [1.29, 1.82) is 0 Å². The largest absolute Gasteiger partial charge is 0.444 e. The molecule has 1 aliphatic heterocycles. The first kappa shape index (κ1) is 18.9. The molecule has 6 nitrogen and oxygen atoms in total. The van der Waals surface area contributed by atoms with Gasteiger partial charge in [-0.2, -0.15) is 0 Å². The van der Waals surface area contributed by atoms with E-state index in [1.165, 1.54) is 4.70 Å². The van der Waals surface area contributed by atoms with Crippen LogP contribution in [0.15, 0.2) is 24.3 Å². The second kappa shape index (κ2) is 8.22. The molecule has 0 bridgehead atoms. The van der Waals surface area contributed by atoms with Crippen LogP contribution in [0.4, 0.5) is 9.93 Å². The third-order valence-electron chi connectivity index (χ3n) is 4.25. The Balaban J connectivity index is 1.34. The standard InChI is InChI=1S/C19H28N4O2S/c1-19(2,3)25-18(24)23-13-11-22(12-14-23)10-6-9-20-17-21-15-7-4-5-8-16(15)26-17/h4-5,7-8H,6,9-14H2,1-3H3,(H,20,21). The van der Waals surface area contributed by atoms with Crippen molar-refractivity contribution in [1.82, 2.24) is 14.8 Å². The number of fused-ring (bicyclic) bond motifs is 1. The number of carbonyl (C=O) groups excluding carboxylic acids is 1. The van der Waals surface area contributed by atoms with Crippen molar-refractivity contribution in [2.24, 2.45) is 0 Å². The predicted molar refractivity (Wildman–Crippen MR) is 107 cm³/mol.